The first-order valence-corrected chi connectivity index (χ1v) is 8.32. The summed E-state index contributed by atoms with van der Waals surface area (Å²) < 4.78 is 13.4. The minimum Gasteiger partial charge on any atom is -0.353 e. The molecule has 1 fully saturated rings. The van der Waals surface area contributed by atoms with Crippen LogP contribution in [0.2, 0.25) is 0 Å². The van der Waals surface area contributed by atoms with E-state index in [0.717, 1.165) is 30.3 Å². The third-order valence-corrected chi connectivity index (χ3v) is 4.01. The minimum atomic E-state index is -0.201. The summed E-state index contributed by atoms with van der Waals surface area (Å²) in [4.78, 5) is 11.3. The minimum absolute atomic E-state index is 0.201. The summed E-state index contributed by atoms with van der Waals surface area (Å²) in [5, 5.41) is 6.55. The molecule has 5 nitrogen and oxygen atoms in total. The molecule has 6 heteroatoms. The second-order valence-electron chi connectivity index (χ2n) is 6.59. The van der Waals surface area contributed by atoms with Gasteiger partial charge in [0.1, 0.15) is 11.6 Å². The average molecular weight is 329 g/mol. The Labute approximate surface area is 142 Å². The maximum absolute atomic E-state index is 13.4. The molecule has 3 rings (SSSR count). The van der Waals surface area contributed by atoms with E-state index in [1.807, 2.05) is 20.2 Å². The van der Waals surface area contributed by atoms with Crippen molar-refractivity contribution in [1.29, 1.82) is 0 Å². The van der Waals surface area contributed by atoms with Crippen molar-refractivity contribution in [3.63, 3.8) is 0 Å². The smallest absolute Gasteiger partial charge is 0.224 e. The second kappa shape index (κ2) is 7.13. The number of halogens is 1. The lowest BCUT2D eigenvalue weighted by atomic mass is 10.2. The molecule has 2 N–H and O–H groups in total. The second-order valence-corrected chi connectivity index (χ2v) is 6.59. The van der Waals surface area contributed by atoms with Gasteiger partial charge in [-0.1, -0.05) is 0 Å². The van der Waals surface area contributed by atoms with Gasteiger partial charge in [-0.05, 0) is 57.6 Å². The first kappa shape index (κ1) is 16.6. The molecule has 1 saturated carbocycles. The van der Waals surface area contributed by atoms with Gasteiger partial charge in [0.2, 0.25) is 5.95 Å². The lowest BCUT2D eigenvalue weighted by Gasteiger charge is -2.13. The number of benzene rings is 1. The summed E-state index contributed by atoms with van der Waals surface area (Å²) in [6.07, 6.45) is 2.37. The summed E-state index contributed by atoms with van der Waals surface area (Å²) in [6.45, 7) is 3.46. The number of anilines is 3. The summed E-state index contributed by atoms with van der Waals surface area (Å²) >= 11 is 0. The fourth-order valence-electron chi connectivity index (χ4n) is 2.46. The summed E-state index contributed by atoms with van der Waals surface area (Å²) in [6, 6.07) is 6.97. The monoisotopic (exact) mass is 329 g/mol. The molecule has 0 saturated heterocycles. The fourth-order valence-corrected chi connectivity index (χ4v) is 2.46. The summed E-state index contributed by atoms with van der Waals surface area (Å²) in [5.74, 6) is 1.72. The third-order valence-electron chi connectivity index (χ3n) is 4.01. The normalized spacial score (nSPS) is 14.0. The zero-order valence-corrected chi connectivity index (χ0v) is 14.4. The maximum atomic E-state index is 13.4. The molecular formula is C18H24FN5. The van der Waals surface area contributed by atoms with Crippen molar-refractivity contribution < 1.29 is 4.39 Å². The molecule has 1 aromatic carbocycles. The van der Waals surface area contributed by atoms with E-state index < -0.39 is 0 Å². The van der Waals surface area contributed by atoms with Gasteiger partial charge in [-0.2, -0.15) is 4.98 Å². The molecule has 0 radical (unpaired) electrons. The van der Waals surface area contributed by atoms with Crippen molar-refractivity contribution in [1.82, 2.24) is 14.9 Å². The number of hydrogen-bond donors (Lipinski definition) is 2. The number of rotatable bonds is 7. The fraction of sp³-hybridized carbons (Fsp3) is 0.444. The van der Waals surface area contributed by atoms with Crippen molar-refractivity contribution >= 4 is 17.5 Å². The highest BCUT2D eigenvalue weighted by Crippen LogP contribution is 2.40. The Morgan fingerprint density at radius 3 is 2.67 bits per heavy atom. The van der Waals surface area contributed by atoms with Crippen LogP contribution in [-0.4, -0.2) is 42.1 Å². The quantitative estimate of drug-likeness (QED) is 0.814. The highest BCUT2D eigenvalue weighted by molar-refractivity contribution is 5.59. The number of aromatic nitrogens is 2. The lowest BCUT2D eigenvalue weighted by Crippen LogP contribution is -2.21. The van der Waals surface area contributed by atoms with Crippen LogP contribution in [0, 0.1) is 12.7 Å². The summed E-state index contributed by atoms with van der Waals surface area (Å²) in [5.41, 5.74) is 2.51. The van der Waals surface area contributed by atoms with E-state index >= 15 is 0 Å². The zero-order valence-electron chi connectivity index (χ0n) is 14.4. The van der Waals surface area contributed by atoms with Gasteiger partial charge in [-0.15, -0.1) is 0 Å². The Morgan fingerprint density at radius 1 is 1.21 bits per heavy atom. The van der Waals surface area contributed by atoms with Gasteiger partial charge in [0, 0.05) is 30.8 Å². The molecular weight excluding hydrogens is 305 g/mol. The molecule has 0 bridgehead atoms. The predicted molar refractivity (Wildman–Crippen MR) is 95.5 cm³/mol. The molecule has 0 spiro atoms. The third kappa shape index (κ3) is 4.41. The maximum Gasteiger partial charge on any atom is 0.224 e. The zero-order chi connectivity index (χ0) is 17.1. The van der Waals surface area contributed by atoms with E-state index in [9.17, 15) is 4.39 Å². The molecule has 0 amide bonds. The van der Waals surface area contributed by atoms with Crippen LogP contribution < -0.4 is 10.6 Å². The molecule has 0 atom stereocenters. The van der Waals surface area contributed by atoms with E-state index in [0.29, 0.717) is 17.4 Å². The lowest BCUT2D eigenvalue weighted by molar-refractivity contribution is 0.425. The van der Waals surface area contributed by atoms with Gasteiger partial charge in [0.15, 0.2) is 0 Å². The summed E-state index contributed by atoms with van der Waals surface area (Å²) in [7, 11) is 4.07. The van der Waals surface area contributed by atoms with Crippen molar-refractivity contribution in [2.45, 2.75) is 25.7 Å². The molecule has 1 heterocycles. The van der Waals surface area contributed by atoms with E-state index in [1.54, 1.807) is 19.1 Å². The van der Waals surface area contributed by atoms with Gasteiger partial charge in [0.25, 0.3) is 0 Å². The first-order chi connectivity index (χ1) is 11.5. The van der Waals surface area contributed by atoms with E-state index in [4.69, 9.17) is 0 Å². The van der Waals surface area contributed by atoms with Crippen LogP contribution in [0.5, 0.6) is 0 Å². The molecule has 0 unspecified atom stereocenters. The number of likely N-dealkylation sites (N-methyl/N-ethyl adjacent to an activating group) is 1. The Balaban J connectivity index is 1.77. The standard InChI is InChI=1S/C18H24FN5/c1-12-10-14(6-7-15(12)19)21-17-11-16(13-4-5-13)22-18(23-17)20-8-9-24(2)3/h6-7,10-11,13H,4-5,8-9H2,1-3H3,(H2,20,21,22,23). The van der Waals surface area contributed by atoms with Gasteiger partial charge in [-0.3, -0.25) is 0 Å². The predicted octanol–water partition coefficient (Wildman–Crippen LogP) is 3.52. The largest absolute Gasteiger partial charge is 0.353 e. The molecule has 128 valence electrons. The molecule has 1 aromatic heterocycles. The van der Waals surface area contributed by atoms with E-state index in [2.05, 4.69) is 25.5 Å². The number of nitrogens with one attached hydrogen (secondary N) is 2. The number of nitrogens with zero attached hydrogens (tertiary/aromatic N) is 3. The van der Waals surface area contributed by atoms with Crippen LogP contribution in [0.25, 0.3) is 0 Å². The van der Waals surface area contributed by atoms with Crippen molar-refractivity contribution in [2.24, 2.45) is 0 Å². The first-order valence-electron chi connectivity index (χ1n) is 8.32. The Hall–Kier alpha value is -2.21. The SMILES string of the molecule is Cc1cc(Nc2cc(C3CC3)nc(NCCN(C)C)n2)ccc1F. The molecule has 0 aliphatic heterocycles. The van der Waals surface area contributed by atoms with E-state index in [-0.39, 0.29) is 5.82 Å². The highest BCUT2D eigenvalue weighted by Gasteiger charge is 2.26. The number of aryl methyl sites for hydroxylation is 1. The van der Waals surface area contributed by atoms with Crippen LogP contribution in [-0.2, 0) is 0 Å². The van der Waals surface area contributed by atoms with Crippen molar-refractivity contribution in [2.75, 3.05) is 37.8 Å². The van der Waals surface area contributed by atoms with Gasteiger partial charge >= 0.3 is 0 Å². The van der Waals surface area contributed by atoms with Crippen LogP contribution in [0.15, 0.2) is 24.3 Å². The molecule has 1 aliphatic rings. The Bertz CT molecular complexity index is 713. The highest BCUT2D eigenvalue weighted by atomic mass is 19.1. The molecule has 1 aliphatic carbocycles. The average Bonchev–Trinajstić information content (AvgIpc) is 3.35. The van der Waals surface area contributed by atoms with E-state index in [1.165, 1.54) is 18.9 Å². The van der Waals surface area contributed by atoms with Crippen LogP contribution in [0.1, 0.15) is 30.0 Å². The van der Waals surface area contributed by atoms with Gasteiger partial charge < -0.3 is 15.5 Å². The molecule has 2 aromatic rings. The van der Waals surface area contributed by atoms with Crippen molar-refractivity contribution in [3.8, 4) is 0 Å². The Morgan fingerprint density at radius 2 is 2.00 bits per heavy atom. The van der Waals surface area contributed by atoms with Crippen molar-refractivity contribution in [3.05, 3.63) is 41.3 Å². The van der Waals surface area contributed by atoms with Crippen LogP contribution >= 0.6 is 0 Å². The number of hydrogen-bond acceptors (Lipinski definition) is 5. The van der Waals surface area contributed by atoms with Gasteiger partial charge in [0.05, 0.1) is 5.69 Å². The topological polar surface area (TPSA) is 53.1 Å². The molecule has 24 heavy (non-hydrogen) atoms. The van der Waals surface area contributed by atoms with Crippen LogP contribution in [0.3, 0.4) is 0 Å². The Kier molecular flexibility index (Phi) is 4.94. The van der Waals surface area contributed by atoms with Gasteiger partial charge in [-0.25, -0.2) is 9.37 Å². The van der Waals surface area contributed by atoms with Crippen LogP contribution in [0.4, 0.5) is 21.8 Å².